The topological polar surface area (TPSA) is 84.2 Å². The fourth-order valence-corrected chi connectivity index (χ4v) is 5.06. The maximum atomic E-state index is 13.2. The van der Waals surface area contributed by atoms with Crippen LogP contribution in [0, 0.1) is 6.92 Å². The van der Waals surface area contributed by atoms with Crippen LogP contribution < -0.4 is 10.7 Å². The summed E-state index contributed by atoms with van der Waals surface area (Å²) < 4.78 is 2.01. The first-order valence-corrected chi connectivity index (χ1v) is 11.0. The fourth-order valence-electron chi connectivity index (χ4n) is 3.82. The molecule has 3 aromatic rings. The van der Waals surface area contributed by atoms with Crippen molar-refractivity contribution in [2.75, 3.05) is 6.61 Å². The highest BCUT2D eigenvalue weighted by Crippen LogP contribution is 2.43. The lowest BCUT2D eigenvalue weighted by atomic mass is 10.0. The smallest absolute Gasteiger partial charge is 0.257 e. The number of thioether (sulfide) groups is 1. The van der Waals surface area contributed by atoms with E-state index in [0.29, 0.717) is 12.1 Å². The largest absolute Gasteiger partial charge is 0.394 e. The first kappa shape index (κ1) is 21.3. The van der Waals surface area contributed by atoms with Crippen molar-refractivity contribution in [2.24, 2.45) is 0 Å². The van der Waals surface area contributed by atoms with E-state index >= 15 is 0 Å². The van der Waals surface area contributed by atoms with Crippen LogP contribution in [-0.4, -0.2) is 32.7 Å². The zero-order chi connectivity index (χ0) is 22.2. The zero-order valence-electron chi connectivity index (χ0n) is 17.8. The van der Waals surface area contributed by atoms with Gasteiger partial charge in [0.05, 0.1) is 28.8 Å². The number of aliphatic hydroxyl groups is 1. The number of hydrogen-bond acceptors (Lipinski definition) is 5. The van der Waals surface area contributed by atoms with Crippen molar-refractivity contribution in [1.29, 1.82) is 0 Å². The maximum absolute atomic E-state index is 13.2. The van der Waals surface area contributed by atoms with Gasteiger partial charge in [-0.3, -0.25) is 14.6 Å². The number of rotatable bonds is 4. The molecule has 7 heteroatoms. The van der Waals surface area contributed by atoms with Gasteiger partial charge < -0.3 is 15.0 Å². The van der Waals surface area contributed by atoms with Crippen molar-refractivity contribution >= 4 is 17.7 Å². The Hall–Kier alpha value is -2.90. The SMILES string of the molecule is Cc1cc(=O)c(C(=O)NC(C)(C)CO)c2n1-c1ccccc1SC(c1ccccn1)C2. The molecule has 31 heavy (non-hydrogen) atoms. The molecule has 1 aromatic carbocycles. The molecule has 4 rings (SSSR count). The van der Waals surface area contributed by atoms with Crippen molar-refractivity contribution in [3.8, 4) is 5.69 Å². The molecule has 2 aromatic heterocycles. The third-order valence-corrected chi connectivity index (χ3v) is 6.64. The standard InChI is InChI=1S/C24H25N3O3S/c1-15-12-19(29)22(23(30)26-24(2,3)14-28)18-13-21(16-8-6-7-11-25-16)31-20-10-5-4-9-17(20)27(15)18/h4-12,21,28H,13-14H2,1-3H3,(H,26,30). The van der Waals surface area contributed by atoms with Crippen LogP contribution in [0.3, 0.4) is 0 Å². The minimum atomic E-state index is -0.844. The monoisotopic (exact) mass is 435 g/mol. The van der Waals surface area contributed by atoms with E-state index in [1.807, 2.05) is 47.9 Å². The van der Waals surface area contributed by atoms with Gasteiger partial charge in [-0.25, -0.2) is 0 Å². The predicted octanol–water partition coefficient (Wildman–Crippen LogP) is 3.43. The Morgan fingerprint density at radius 1 is 1.26 bits per heavy atom. The van der Waals surface area contributed by atoms with E-state index in [-0.39, 0.29) is 22.8 Å². The summed E-state index contributed by atoms with van der Waals surface area (Å²) in [4.78, 5) is 31.9. The molecular weight excluding hydrogens is 410 g/mol. The van der Waals surface area contributed by atoms with Gasteiger partial charge in [0.2, 0.25) is 0 Å². The van der Waals surface area contributed by atoms with Crippen LogP contribution in [0.15, 0.2) is 64.4 Å². The lowest BCUT2D eigenvalue weighted by Gasteiger charge is -2.25. The lowest BCUT2D eigenvalue weighted by molar-refractivity contribution is 0.0866. The lowest BCUT2D eigenvalue weighted by Crippen LogP contribution is -2.48. The Kier molecular flexibility index (Phi) is 5.73. The molecule has 2 N–H and O–H groups in total. The Morgan fingerprint density at radius 3 is 2.71 bits per heavy atom. The van der Waals surface area contributed by atoms with Crippen LogP contribution in [0.5, 0.6) is 0 Å². The molecule has 0 saturated carbocycles. The molecule has 0 aliphatic carbocycles. The second-order valence-corrected chi connectivity index (χ2v) is 9.58. The van der Waals surface area contributed by atoms with Gasteiger partial charge >= 0.3 is 0 Å². The molecule has 1 aliphatic heterocycles. The minimum Gasteiger partial charge on any atom is -0.394 e. The molecule has 1 aliphatic rings. The molecule has 160 valence electrons. The summed E-state index contributed by atoms with van der Waals surface area (Å²) in [6.07, 6.45) is 2.23. The third kappa shape index (κ3) is 4.16. The van der Waals surface area contributed by atoms with Crippen molar-refractivity contribution in [3.05, 3.63) is 87.6 Å². The highest BCUT2D eigenvalue weighted by atomic mass is 32.2. The molecular formula is C24H25N3O3S. The molecule has 0 radical (unpaired) electrons. The minimum absolute atomic E-state index is 0.0605. The van der Waals surface area contributed by atoms with E-state index in [0.717, 1.165) is 22.0 Å². The van der Waals surface area contributed by atoms with Crippen molar-refractivity contribution in [1.82, 2.24) is 14.9 Å². The van der Waals surface area contributed by atoms with E-state index in [9.17, 15) is 14.7 Å². The number of aliphatic hydroxyl groups excluding tert-OH is 1. The molecule has 0 saturated heterocycles. The van der Waals surface area contributed by atoms with Gasteiger partial charge in [-0.2, -0.15) is 0 Å². The summed E-state index contributed by atoms with van der Waals surface area (Å²) in [5.74, 6) is -0.475. The molecule has 0 spiro atoms. The number of amides is 1. The second-order valence-electron chi connectivity index (χ2n) is 8.34. The van der Waals surface area contributed by atoms with Gasteiger partial charge in [0, 0.05) is 35.0 Å². The van der Waals surface area contributed by atoms with E-state index in [4.69, 9.17) is 0 Å². The summed E-state index contributed by atoms with van der Waals surface area (Å²) in [6.45, 7) is 5.09. The maximum Gasteiger partial charge on any atom is 0.257 e. The van der Waals surface area contributed by atoms with E-state index in [1.165, 1.54) is 6.07 Å². The molecule has 1 atom stereocenters. The Balaban J connectivity index is 1.95. The number of aromatic nitrogens is 2. The fraction of sp³-hybridized carbons (Fsp3) is 0.292. The quantitative estimate of drug-likeness (QED) is 0.656. The first-order chi connectivity index (χ1) is 14.8. The van der Waals surface area contributed by atoms with E-state index in [2.05, 4.69) is 16.4 Å². The van der Waals surface area contributed by atoms with Crippen LogP contribution in [0.25, 0.3) is 5.69 Å². The normalized spacial score (nSPS) is 15.5. The van der Waals surface area contributed by atoms with E-state index in [1.54, 1.807) is 31.8 Å². The van der Waals surface area contributed by atoms with Crippen molar-refractivity contribution in [2.45, 2.75) is 42.9 Å². The Morgan fingerprint density at radius 2 is 2.00 bits per heavy atom. The molecule has 3 heterocycles. The van der Waals surface area contributed by atoms with Crippen LogP contribution in [-0.2, 0) is 6.42 Å². The van der Waals surface area contributed by atoms with Crippen LogP contribution in [0.1, 0.15) is 46.5 Å². The number of nitrogens with zero attached hydrogens (tertiary/aromatic N) is 2. The molecule has 0 fully saturated rings. The molecule has 0 bridgehead atoms. The summed E-state index contributed by atoms with van der Waals surface area (Å²) in [5, 5.41) is 12.3. The van der Waals surface area contributed by atoms with E-state index < -0.39 is 11.4 Å². The average Bonchev–Trinajstić information content (AvgIpc) is 2.91. The second kappa shape index (κ2) is 8.32. The zero-order valence-corrected chi connectivity index (χ0v) is 18.6. The number of carbonyl (C=O) groups excluding carboxylic acids is 1. The van der Waals surface area contributed by atoms with Crippen molar-refractivity contribution in [3.63, 3.8) is 0 Å². The summed E-state index contributed by atoms with van der Waals surface area (Å²) in [5.41, 5.74) is 2.21. The van der Waals surface area contributed by atoms with Gasteiger partial charge in [-0.05, 0) is 45.0 Å². The summed E-state index contributed by atoms with van der Waals surface area (Å²) in [6, 6.07) is 15.3. The molecule has 1 unspecified atom stereocenters. The highest BCUT2D eigenvalue weighted by molar-refractivity contribution is 7.99. The number of carbonyl (C=O) groups is 1. The number of hydrogen-bond donors (Lipinski definition) is 2. The van der Waals surface area contributed by atoms with Gasteiger partial charge in [0.25, 0.3) is 5.91 Å². The first-order valence-electron chi connectivity index (χ1n) is 10.2. The number of para-hydroxylation sites is 1. The molecule has 1 amide bonds. The Bertz CT molecular complexity index is 1190. The van der Waals surface area contributed by atoms with Gasteiger partial charge in [0.1, 0.15) is 5.56 Å². The number of fused-ring (bicyclic) bond motifs is 3. The number of pyridine rings is 2. The predicted molar refractivity (Wildman–Crippen MR) is 122 cm³/mol. The molecule has 6 nitrogen and oxygen atoms in total. The average molecular weight is 436 g/mol. The van der Waals surface area contributed by atoms with Gasteiger partial charge in [-0.1, -0.05) is 18.2 Å². The van der Waals surface area contributed by atoms with Gasteiger partial charge in [-0.15, -0.1) is 11.8 Å². The summed E-state index contributed by atoms with van der Waals surface area (Å²) >= 11 is 1.68. The van der Waals surface area contributed by atoms with Crippen LogP contribution in [0.2, 0.25) is 0 Å². The summed E-state index contributed by atoms with van der Waals surface area (Å²) in [7, 11) is 0. The number of nitrogens with one attached hydrogen (secondary N) is 1. The number of benzene rings is 1. The highest BCUT2D eigenvalue weighted by Gasteiger charge is 2.31. The van der Waals surface area contributed by atoms with Gasteiger partial charge in [0.15, 0.2) is 5.43 Å². The third-order valence-electron chi connectivity index (χ3n) is 5.34. The van der Waals surface area contributed by atoms with Crippen LogP contribution in [0.4, 0.5) is 0 Å². The van der Waals surface area contributed by atoms with Crippen molar-refractivity contribution < 1.29 is 9.90 Å². The number of aryl methyl sites for hydroxylation is 1. The Labute approximate surface area is 185 Å². The van der Waals surface area contributed by atoms with Crippen LogP contribution >= 0.6 is 11.8 Å².